The smallest absolute Gasteiger partial charge is 0.237 e. The molecular formula is C18H19FN4O. The van der Waals surface area contributed by atoms with Crippen LogP contribution >= 0.6 is 0 Å². The second-order valence-corrected chi connectivity index (χ2v) is 5.66. The first-order chi connectivity index (χ1) is 11.6. The summed E-state index contributed by atoms with van der Waals surface area (Å²) >= 11 is 0. The number of nitrogens with one attached hydrogen (secondary N) is 2. The van der Waals surface area contributed by atoms with Crippen LogP contribution in [0.3, 0.4) is 0 Å². The zero-order valence-corrected chi connectivity index (χ0v) is 13.3. The van der Waals surface area contributed by atoms with Gasteiger partial charge in [-0.1, -0.05) is 13.0 Å². The molecule has 1 aromatic carbocycles. The number of halogens is 1. The van der Waals surface area contributed by atoms with E-state index in [-0.39, 0.29) is 11.7 Å². The van der Waals surface area contributed by atoms with Crippen molar-refractivity contribution in [2.24, 2.45) is 5.73 Å². The number of hydrogen-bond donors (Lipinski definition) is 3. The highest BCUT2D eigenvalue weighted by atomic mass is 19.1. The van der Waals surface area contributed by atoms with E-state index in [0.717, 1.165) is 27.7 Å². The van der Waals surface area contributed by atoms with Crippen LogP contribution in [-0.2, 0) is 11.3 Å². The Morgan fingerprint density at radius 3 is 2.92 bits per heavy atom. The van der Waals surface area contributed by atoms with Gasteiger partial charge in [-0.3, -0.25) is 9.78 Å². The SMILES string of the molecule is CCC(N)C(=O)NCc1ccc(-c2c[nH]c3cc(F)ccc23)cn1. The van der Waals surface area contributed by atoms with Crippen LogP contribution in [-0.4, -0.2) is 21.9 Å². The van der Waals surface area contributed by atoms with Gasteiger partial charge in [-0.05, 0) is 30.7 Å². The molecule has 0 bridgehead atoms. The van der Waals surface area contributed by atoms with Gasteiger partial charge in [0.25, 0.3) is 0 Å². The lowest BCUT2D eigenvalue weighted by Crippen LogP contribution is -2.39. The number of carbonyl (C=O) groups excluding carboxylic acids is 1. The molecule has 24 heavy (non-hydrogen) atoms. The molecule has 3 rings (SSSR count). The third-order valence-electron chi connectivity index (χ3n) is 4.00. The van der Waals surface area contributed by atoms with Crippen molar-refractivity contribution in [3.05, 3.63) is 54.2 Å². The zero-order valence-electron chi connectivity index (χ0n) is 13.3. The molecule has 0 aliphatic carbocycles. The molecule has 2 aromatic heterocycles. The van der Waals surface area contributed by atoms with Gasteiger partial charge in [0, 0.05) is 34.4 Å². The van der Waals surface area contributed by atoms with Crippen molar-refractivity contribution >= 4 is 16.8 Å². The van der Waals surface area contributed by atoms with E-state index in [2.05, 4.69) is 15.3 Å². The monoisotopic (exact) mass is 326 g/mol. The Labute approximate surface area is 139 Å². The fourth-order valence-corrected chi connectivity index (χ4v) is 2.52. The van der Waals surface area contributed by atoms with E-state index in [4.69, 9.17) is 5.73 Å². The number of aromatic nitrogens is 2. The fraction of sp³-hybridized carbons (Fsp3) is 0.222. The molecule has 0 spiro atoms. The third-order valence-corrected chi connectivity index (χ3v) is 4.00. The summed E-state index contributed by atoms with van der Waals surface area (Å²) in [7, 11) is 0. The van der Waals surface area contributed by atoms with Crippen molar-refractivity contribution in [1.29, 1.82) is 0 Å². The highest BCUT2D eigenvalue weighted by Crippen LogP contribution is 2.28. The minimum absolute atomic E-state index is 0.179. The number of H-pyrrole nitrogens is 1. The van der Waals surface area contributed by atoms with Gasteiger partial charge >= 0.3 is 0 Å². The minimum Gasteiger partial charge on any atom is -0.360 e. The van der Waals surface area contributed by atoms with Crippen molar-refractivity contribution < 1.29 is 9.18 Å². The van der Waals surface area contributed by atoms with Crippen molar-refractivity contribution in [2.45, 2.75) is 25.9 Å². The quantitative estimate of drug-likeness (QED) is 0.674. The Balaban J connectivity index is 1.75. The van der Waals surface area contributed by atoms with Crippen LogP contribution in [0.1, 0.15) is 19.0 Å². The molecule has 1 atom stereocenters. The molecule has 2 heterocycles. The molecular weight excluding hydrogens is 307 g/mol. The largest absolute Gasteiger partial charge is 0.360 e. The number of benzene rings is 1. The number of amides is 1. The Bertz CT molecular complexity index is 857. The van der Waals surface area contributed by atoms with Crippen molar-refractivity contribution in [1.82, 2.24) is 15.3 Å². The summed E-state index contributed by atoms with van der Waals surface area (Å²) in [5.41, 5.74) is 9.05. The summed E-state index contributed by atoms with van der Waals surface area (Å²) < 4.78 is 13.3. The number of nitrogens with zero attached hydrogens (tertiary/aromatic N) is 1. The molecule has 4 N–H and O–H groups in total. The van der Waals surface area contributed by atoms with E-state index in [1.165, 1.54) is 12.1 Å². The maximum Gasteiger partial charge on any atom is 0.237 e. The average molecular weight is 326 g/mol. The molecule has 3 aromatic rings. The first-order valence-corrected chi connectivity index (χ1v) is 7.83. The summed E-state index contributed by atoms with van der Waals surface area (Å²) in [4.78, 5) is 19.1. The van der Waals surface area contributed by atoms with Crippen LogP contribution in [0, 0.1) is 5.82 Å². The Morgan fingerprint density at radius 2 is 2.21 bits per heavy atom. The summed E-state index contributed by atoms with van der Waals surface area (Å²) in [5, 5.41) is 3.70. The summed E-state index contributed by atoms with van der Waals surface area (Å²) in [6.45, 7) is 2.20. The minimum atomic E-state index is -0.490. The Morgan fingerprint density at radius 1 is 1.38 bits per heavy atom. The number of nitrogens with two attached hydrogens (primary N) is 1. The number of rotatable bonds is 5. The van der Waals surface area contributed by atoms with Crippen molar-refractivity contribution in [3.8, 4) is 11.1 Å². The first kappa shape index (κ1) is 16.1. The van der Waals surface area contributed by atoms with E-state index in [1.807, 2.05) is 25.3 Å². The maximum absolute atomic E-state index is 13.3. The molecule has 0 aliphatic heterocycles. The molecule has 0 radical (unpaired) electrons. The van der Waals surface area contributed by atoms with Gasteiger partial charge in [-0.2, -0.15) is 0 Å². The van der Waals surface area contributed by atoms with Gasteiger partial charge in [0.2, 0.25) is 5.91 Å². The standard InChI is InChI=1S/C18H19FN4O/c1-2-16(20)18(24)23-9-13-5-3-11(8-21-13)15-10-22-17-7-12(19)4-6-14(15)17/h3-8,10,16,22H,2,9,20H2,1H3,(H,23,24). The predicted octanol–water partition coefficient (Wildman–Crippen LogP) is 2.72. The fourth-order valence-electron chi connectivity index (χ4n) is 2.52. The molecule has 1 unspecified atom stereocenters. The van der Waals surface area contributed by atoms with Crippen LogP contribution in [0.5, 0.6) is 0 Å². The number of aromatic amines is 1. The maximum atomic E-state index is 13.3. The molecule has 124 valence electrons. The van der Waals surface area contributed by atoms with E-state index >= 15 is 0 Å². The third kappa shape index (κ3) is 3.28. The summed E-state index contributed by atoms with van der Waals surface area (Å²) in [6.07, 6.45) is 4.18. The van der Waals surface area contributed by atoms with Crippen molar-refractivity contribution in [3.63, 3.8) is 0 Å². The van der Waals surface area contributed by atoms with E-state index in [0.29, 0.717) is 13.0 Å². The molecule has 1 amide bonds. The molecule has 6 heteroatoms. The lowest BCUT2D eigenvalue weighted by molar-refractivity contribution is -0.122. The molecule has 0 saturated carbocycles. The molecule has 0 saturated heterocycles. The molecule has 5 nitrogen and oxygen atoms in total. The Hall–Kier alpha value is -2.73. The van der Waals surface area contributed by atoms with Gasteiger partial charge in [-0.15, -0.1) is 0 Å². The van der Waals surface area contributed by atoms with Crippen molar-refractivity contribution in [2.75, 3.05) is 0 Å². The van der Waals surface area contributed by atoms with Crippen LogP contribution in [0.2, 0.25) is 0 Å². The number of carbonyl (C=O) groups is 1. The highest BCUT2D eigenvalue weighted by Gasteiger charge is 2.11. The predicted molar refractivity (Wildman–Crippen MR) is 91.6 cm³/mol. The zero-order chi connectivity index (χ0) is 17.1. The second kappa shape index (κ2) is 6.80. The number of fused-ring (bicyclic) bond motifs is 1. The van der Waals surface area contributed by atoms with Crippen LogP contribution < -0.4 is 11.1 Å². The topological polar surface area (TPSA) is 83.8 Å². The van der Waals surface area contributed by atoms with E-state index < -0.39 is 6.04 Å². The van der Waals surface area contributed by atoms with Gasteiger partial charge < -0.3 is 16.0 Å². The van der Waals surface area contributed by atoms with Gasteiger partial charge in [0.05, 0.1) is 18.3 Å². The summed E-state index contributed by atoms with van der Waals surface area (Å²) in [5.74, 6) is -0.451. The second-order valence-electron chi connectivity index (χ2n) is 5.66. The van der Waals surface area contributed by atoms with Gasteiger partial charge in [-0.25, -0.2) is 4.39 Å². The number of pyridine rings is 1. The first-order valence-electron chi connectivity index (χ1n) is 7.83. The average Bonchev–Trinajstić information content (AvgIpc) is 3.02. The normalized spacial score (nSPS) is 12.3. The number of hydrogen-bond acceptors (Lipinski definition) is 3. The van der Waals surface area contributed by atoms with Crippen LogP contribution in [0.4, 0.5) is 4.39 Å². The molecule has 0 fully saturated rings. The van der Waals surface area contributed by atoms with Gasteiger partial charge in [0.1, 0.15) is 5.82 Å². The lowest BCUT2D eigenvalue weighted by atomic mass is 10.1. The van der Waals surface area contributed by atoms with E-state index in [9.17, 15) is 9.18 Å². The van der Waals surface area contributed by atoms with Crippen LogP contribution in [0.15, 0.2) is 42.7 Å². The lowest BCUT2D eigenvalue weighted by Gasteiger charge is -2.09. The molecule has 0 aliphatic rings. The van der Waals surface area contributed by atoms with Gasteiger partial charge in [0.15, 0.2) is 0 Å². The summed E-state index contributed by atoms with van der Waals surface area (Å²) in [6, 6.07) is 7.95. The Kier molecular flexibility index (Phi) is 4.57. The highest BCUT2D eigenvalue weighted by molar-refractivity contribution is 5.95. The van der Waals surface area contributed by atoms with E-state index in [1.54, 1.807) is 12.3 Å². The van der Waals surface area contributed by atoms with Crippen LogP contribution in [0.25, 0.3) is 22.0 Å².